The van der Waals surface area contributed by atoms with Gasteiger partial charge in [0.25, 0.3) is 5.91 Å². The molecule has 0 aromatic heterocycles. The van der Waals surface area contributed by atoms with E-state index < -0.39 is 54.0 Å². The summed E-state index contributed by atoms with van der Waals surface area (Å²) in [7, 11) is 1.48. The molecule has 3 amide bonds. The Balaban J connectivity index is 2.26. The molecule has 236 valence electrons. The molecule has 1 aliphatic rings. The van der Waals surface area contributed by atoms with E-state index >= 15 is 0 Å². The zero-order chi connectivity index (χ0) is 31.4. The Bertz CT molecular complexity index is 1030. The van der Waals surface area contributed by atoms with Crippen molar-refractivity contribution in [2.24, 2.45) is 11.7 Å². The lowest BCUT2D eigenvalue weighted by molar-refractivity contribution is -0.153. The Morgan fingerprint density at radius 3 is 2.33 bits per heavy atom. The van der Waals surface area contributed by atoms with Crippen molar-refractivity contribution in [3.05, 3.63) is 29.8 Å². The standard InChI is InChI=1S/C31H50N4O7/c1-5-6-7-8-9-11-23(32)27(37)28(38)33-24(19-21-13-15-22(36)16-14-21)29(39)34(4)26(18-20(2)3)30(40)35-17-10-12-25(35)31(41)42/h13-16,20,23-27,36-37H,5-12,17-19,32H2,1-4H3,(H,33,38)(H,41,42). The monoisotopic (exact) mass is 590 g/mol. The van der Waals surface area contributed by atoms with Crippen LogP contribution in [0.1, 0.15) is 84.1 Å². The summed E-state index contributed by atoms with van der Waals surface area (Å²) in [4.78, 5) is 55.1. The first-order chi connectivity index (χ1) is 19.9. The molecular formula is C31H50N4O7. The Kier molecular flexibility index (Phi) is 14.2. The van der Waals surface area contributed by atoms with Crippen LogP contribution in [-0.4, -0.2) is 92.7 Å². The van der Waals surface area contributed by atoms with Crippen LogP contribution in [-0.2, 0) is 25.6 Å². The number of likely N-dealkylation sites (N-methyl/N-ethyl adjacent to an activating group) is 1. The number of carbonyl (C=O) groups is 4. The lowest BCUT2D eigenvalue weighted by Gasteiger charge is -2.35. The minimum atomic E-state index is -1.52. The minimum absolute atomic E-state index is 0.0161. The van der Waals surface area contributed by atoms with Gasteiger partial charge in [-0.3, -0.25) is 14.4 Å². The van der Waals surface area contributed by atoms with E-state index in [4.69, 9.17) is 5.73 Å². The lowest BCUT2D eigenvalue weighted by Crippen LogP contribution is -2.58. The highest BCUT2D eigenvalue weighted by atomic mass is 16.4. The molecule has 5 atom stereocenters. The van der Waals surface area contributed by atoms with Gasteiger partial charge in [0.2, 0.25) is 11.8 Å². The average molecular weight is 591 g/mol. The molecule has 1 aliphatic heterocycles. The fourth-order valence-electron chi connectivity index (χ4n) is 5.41. The van der Waals surface area contributed by atoms with Gasteiger partial charge in [0, 0.05) is 26.1 Å². The van der Waals surface area contributed by atoms with E-state index in [9.17, 15) is 34.5 Å². The van der Waals surface area contributed by atoms with Gasteiger partial charge in [0.05, 0.1) is 0 Å². The number of nitrogens with two attached hydrogens (primary N) is 1. The molecule has 42 heavy (non-hydrogen) atoms. The number of hydrogen-bond donors (Lipinski definition) is 5. The number of phenols is 1. The molecule has 0 saturated carbocycles. The molecule has 0 aliphatic carbocycles. The molecule has 11 nitrogen and oxygen atoms in total. The van der Waals surface area contributed by atoms with Crippen molar-refractivity contribution in [3.8, 4) is 5.75 Å². The van der Waals surface area contributed by atoms with Gasteiger partial charge in [-0.2, -0.15) is 0 Å². The van der Waals surface area contributed by atoms with Crippen molar-refractivity contribution < 1.29 is 34.5 Å². The number of rotatable bonds is 17. The number of carbonyl (C=O) groups excluding carboxylic acids is 3. The predicted octanol–water partition coefficient (Wildman–Crippen LogP) is 2.42. The van der Waals surface area contributed by atoms with E-state index in [-0.39, 0.29) is 18.1 Å². The number of aliphatic hydroxyl groups is 1. The molecule has 1 aromatic carbocycles. The van der Waals surface area contributed by atoms with Crippen LogP contribution in [0.5, 0.6) is 5.75 Å². The average Bonchev–Trinajstić information content (AvgIpc) is 3.45. The van der Waals surface area contributed by atoms with E-state index in [1.165, 1.54) is 29.0 Å². The molecule has 1 heterocycles. The third kappa shape index (κ3) is 10.3. The van der Waals surface area contributed by atoms with E-state index in [0.29, 0.717) is 37.8 Å². The van der Waals surface area contributed by atoms with Crippen molar-refractivity contribution in [1.29, 1.82) is 0 Å². The van der Waals surface area contributed by atoms with Crippen LogP contribution in [0.2, 0.25) is 0 Å². The lowest BCUT2D eigenvalue weighted by atomic mass is 9.98. The van der Waals surface area contributed by atoms with Crippen molar-refractivity contribution in [3.63, 3.8) is 0 Å². The number of nitrogens with zero attached hydrogens (tertiary/aromatic N) is 2. The number of aliphatic hydroxyl groups excluding tert-OH is 1. The number of benzene rings is 1. The Morgan fingerprint density at radius 2 is 1.74 bits per heavy atom. The van der Waals surface area contributed by atoms with Crippen LogP contribution in [0, 0.1) is 5.92 Å². The summed E-state index contributed by atoms with van der Waals surface area (Å²) in [5.41, 5.74) is 6.78. The number of aliphatic carboxylic acids is 1. The summed E-state index contributed by atoms with van der Waals surface area (Å²) in [6.07, 6.45) is 5.19. The first-order valence-electron chi connectivity index (χ1n) is 15.2. The maximum atomic E-state index is 13.9. The van der Waals surface area contributed by atoms with Gasteiger partial charge in [0.1, 0.15) is 30.0 Å². The second-order valence-corrected chi connectivity index (χ2v) is 11.9. The SMILES string of the molecule is CCCCCCCC(N)C(O)C(=O)NC(Cc1ccc(O)cc1)C(=O)N(C)C(CC(C)C)C(=O)N1CCCC1C(=O)O. The van der Waals surface area contributed by atoms with E-state index in [2.05, 4.69) is 12.2 Å². The van der Waals surface area contributed by atoms with Crippen LogP contribution < -0.4 is 11.1 Å². The number of carboxylic acid groups (broad SMARTS) is 1. The van der Waals surface area contributed by atoms with Gasteiger partial charge in [0.15, 0.2) is 0 Å². The molecule has 0 radical (unpaired) electrons. The molecule has 2 rings (SSSR count). The Labute approximate surface area is 249 Å². The summed E-state index contributed by atoms with van der Waals surface area (Å²) in [6.45, 7) is 6.23. The zero-order valence-corrected chi connectivity index (χ0v) is 25.5. The highest BCUT2D eigenvalue weighted by molar-refractivity contribution is 5.94. The summed E-state index contributed by atoms with van der Waals surface area (Å²) >= 11 is 0. The normalized spacial score (nSPS) is 17.9. The largest absolute Gasteiger partial charge is 0.508 e. The number of nitrogens with one attached hydrogen (secondary N) is 1. The summed E-state index contributed by atoms with van der Waals surface area (Å²) in [6, 6.07) is 2.36. The number of carboxylic acids is 1. The van der Waals surface area contributed by atoms with Crippen molar-refractivity contribution in [2.75, 3.05) is 13.6 Å². The van der Waals surface area contributed by atoms with E-state index in [1.54, 1.807) is 12.1 Å². The second-order valence-electron chi connectivity index (χ2n) is 11.9. The highest BCUT2D eigenvalue weighted by Crippen LogP contribution is 2.23. The zero-order valence-electron chi connectivity index (χ0n) is 25.5. The van der Waals surface area contributed by atoms with Crippen LogP contribution in [0.3, 0.4) is 0 Å². The Hall–Kier alpha value is -3.18. The van der Waals surface area contributed by atoms with Crippen molar-refractivity contribution in [2.45, 2.75) is 115 Å². The number of unbranched alkanes of at least 4 members (excludes halogenated alkanes) is 4. The number of hydrogen-bond acceptors (Lipinski definition) is 7. The number of phenolic OH excluding ortho intramolecular Hbond substituents is 1. The van der Waals surface area contributed by atoms with Crippen LogP contribution in [0.4, 0.5) is 0 Å². The number of likely N-dealkylation sites (tertiary alicyclic amines) is 1. The molecular weight excluding hydrogens is 540 g/mol. The quantitative estimate of drug-likeness (QED) is 0.172. The predicted molar refractivity (Wildman–Crippen MR) is 159 cm³/mol. The fourth-order valence-corrected chi connectivity index (χ4v) is 5.41. The molecule has 1 fully saturated rings. The molecule has 0 bridgehead atoms. The first kappa shape index (κ1) is 35.0. The maximum absolute atomic E-state index is 13.9. The fraction of sp³-hybridized carbons (Fsp3) is 0.677. The Morgan fingerprint density at radius 1 is 1.10 bits per heavy atom. The molecule has 1 aromatic rings. The highest BCUT2D eigenvalue weighted by Gasteiger charge is 2.41. The van der Waals surface area contributed by atoms with Gasteiger partial charge in [-0.05, 0) is 49.3 Å². The summed E-state index contributed by atoms with van der Waals surface area (Å²) < 4.78 is 0. The summed E-state index contributed by atoms with van der Waals surface area (Å²) in [5, 5.41) is 32.7. The maximum Gasteiger partial charge on any atom is 0.326 e. The number of amides is 3. The molecule has 11 heteroatoms. The van der Waals surface area contributed by atoms with Crippen LogP contribution in [0.15, 0.2) is 24.3 Å². The molecule has 6 N–H and O–H groups in total. The van der Waals surface area contributed by atoms with Gasteiger partial charge < -0.3 is 36.2 Å². The number of aromatic hydroxyl groups is 1. The van der Waals surface area contributed by atoms with Gasteiger partial charge in [-0.25, -0.2) is 4.79 Å². The third-order valence-electron chi connectivity index (χ3n) is 7.92. The first-order valence-corrected chi connectivity index (χ1v) is 15.2. The van der Waals surface area contributed by atoms with E-state index in [0.717, 1.165) is 32.1 Å². The van der Waals surface area contributed by atoms with E-state index in [1.807, 2.05) is 13.8 Å². The van der Waals surface area contributed by atoms with Gasteiger partial charge >= 0.3 is 5.97 Å². The topological polar surface area (TPSA) is 174 Å². The molecule has 0 spiro atoms. The van der Waals surface area contributed by atoms with Gasteiger partial charge in [-0.15, -0.1) is 0 Å². The summed E-state index contributed by atoms with van der Waals surface area (Å²) in [5.74, 6) is -2.79. The van der Waals surface area contributed by atoms with Crippen LogP contribution in [0.25, 0.3) is 0 Å². The van der Waals surface area contributed by atoms with Crippen molar-refractivity contribution >= 4 is 23.7 Å². The molecule has 1 saturated heterocycles. The third-order valence-corrected chi connectivity index (χ3v) is 7.92. The van der Waals surface area contributed by atoms with Crippen molar-refractivity contribution in [1.82, 2.24) is 15.1 Å². The van der Waals surface area contributed by atoms with Gasteiger partial charge in [-0.1, -0.05) is 65.0 Å². The second kappa shape index (κ2) is 17.1. The van der Waals surface area contributed by atoms with Crippen LogP contribution >= 0.6 is 0 Å². The minimum Gasteiger partial charge on any atom is -0.508 e. The molecule has 5 unspecified atom stereocenters. The smallest absolute Gasteiger partial charge is 0.326 e.